The molecule has 5 nitrogen and oxygen atoms in total. The predicted molar refractivity (Wildman–Crippen MR) is 75.0 cm³/mol. The normalized spacial score (nSPS) is 17.4. The smallest absolute Gasteiger partial charge is 0.312 e. The molecule has 6 heteroatoms. The van der Waals surface area contributed by atoms with Crippen LogP contribution in [-0.4, -0.2) is 35.8 Å². The number of carboxylic acid groups (broad SMARTS) is 1. The molecule has 1 aromatic heterocycles. The topological polar surface area (TPSA) is 71.5 Å². The molecule has 1 unspecified atom stereocenters. The van der Waals surface area contributed by atoms with Gasteiger partial charge in [-0.1, -0.05) is 13.3 Å². The van der Waals surface area contributed by atoms with Crippen molar-refractivity contribution in [1.82, 2.24) is 4.98 Å². The zero-order valence-corrected chi connectivity index (χ0v) is 12.0. The average molecular weight is 284 g/mol. The monoisotopic (exact) mass is 284 g/mol. The number of nitrogens with zero attached hydrogens (tertiary/aromatic N) is 1. The van der Waals surface area contributed by atoms with Crippen LogP contribution in [0.15, 0.2) is 0 Å². The second-order valence-corrected chi connectivity index (χ2v) is 5.73. The Bertz CT molecular complexity index is 434. The lowest BCUT2D eigenvalue weighted by Crippen LogP contribution is -2.11. The van der Waals surface area contributed by atoms with Crippen molar-refractivity contribution in [3.05, 3.63) is 10.6 Å². The van der Waals surface area contributed by atoms with Crippen LogP contribution in [0.5, 0.6) is 0 Å². The third-order valence-electron chi connectivity index (χ3n) is 3.18. The quantitative estimate of drug-likeness (QED) is 0.718. The molecule has 2 N–H and O–H groups in total. The van der Waals surface area contributed by atoms with Crippen LogP contribution < -0.4 is 5.32 Å². The van der Waals surface area contributed by atoms with Gasteiger partial charge in [0.2, 0.25) is 0 Å². The van der Waals surface area contributed by atoms with Crippen LogP contribution in [0.1, 0.15) is 42.7 Å². The molecule has 106 valence electrons. The number of aryl methyl sites for hydroxylation is 1. The molecule has 0 spiro atoms. The number of hydrogen-bond acceptors (Lipinski definition) is 5. The maximum atomic E-state index is 11.1. The van der Waals surface area contributed by atoms with Crippen molar-refractivity contribution < 1.29 is 14.6 Å². The fourth-order valence-electron chi connectivity index (χ4n) is 2.12. The van der Waals surface area contributed by atoms with Crippen LogP contribution in [0.3, 0.4) is 0 Å². The van der Waals surface area contributed by atoms with Crippen LogP contribution in [0, 0.1) is 0 Å². The summed E-state index contributed by atoms with van der Waals surface area (Å²) in [5.41, 5.74) is 0.756. The second kappa shape index (κ2) is 6.86. The highest BCUT2D eigenvalue weighted by Crippen LogP contribution is 2.38. The molecule has 0 amide bonds. The van der Waals surface area contributed by atoms with E-state index in [1.807, 2.05) is 0 Å². The van der Waals surface area contributed by atoms with E-state index in [-0.39, 0.29) is 0 Å². The van der Waals surface area contributed by atoms with Gasteiger partial charge in [0.15, 0.2) is 5.13 Å². The highest BCUT2D eigenvalue weighted by atomic mass is 32.1. The molecule has 0 aliphatic heterocycles. The number of rotatable bonds is 8. The van der Waals surface area contributed by atoms with Gasteiger partial charge in [-0.25, -0.2) is 4.98 Å². The molecule has 0 saturated carbocycles. The van der Waals surface area contributed by atoms with E-state index >= 15 is 0 Å². The van der Waals surface area contributed by atoms with Crippen molar-refractivity contribution in [2.75, 3.05) is 25.1 Å². The van der Waals surface area contributed by atoms with Gasteiger partial charge in [0.25, 0.3) is 0 Å². The summed E-state index contributed by atoms with van der Waals surface area (Å²) < 4.78 is 5.45. The minimum absolute atomic E-state index is 0.414. The van der Waals surface area contributed by atoms with Gasteiger partial charge in [0.05, 0.1) is 12.3 Å². The van der Waals surface area contributed by atoms with Crippen LogP contribution in [-0.2, 0) is 16.0 Å². The molecule has 1 aliphatic carbocycles. The fraction of sp³-hybridized carbons (Fsp3) is 0.692. The molecule has 0 fully saturated rings. The third-order valence-corrected chi connectivity index (χ3v) is 4.27. The van der Waals surface area contributed by atoms with E-state index in [2.05, 4.69) is 17.2 Å². The summed E-state index contributed by atoms with van der Waals surface area (Å²) in [7, 11) is 0. The van der Waals surface area contributed by atoms with E-state index in [1.165, 1.54) is 0 Å². The first-order chi connectivity index (χ1) is 9.22. The number of aromatic nitrogens is 1. The lowest BCUT2D eigenvalue weighted by atomic mass is 10.1. The number of aliphatic carboxylic acids is 1. The predicted octanol–water partition coefficient (Wildman–Crippen LogP) is 2.49. The maximum absolute atomic E-state index is 11.1. The number of fused-ring (bicyclic) bond motifs is 1. The number of ether oxygens (including phenoxy) is 1. The SMILES string of the molecule is CCCCOCCNc1nc2c(s1)CCC2C(=O)O. The molecule has 1 aromatic rings. The summed E-state index contributed by atoms with van der Waals surface area (Å²) in [5, 5.41) is 13.1. The van der Waals surface area contributed by atoms with E-state index in [0.29, 0.717) is 19.6 Å². The Morgan fingerprint density at radius 1 is 1.58 bits per heavy atom. The first-order valence-electron chi connectivity index (χ1n) is 6.76. The van der Waals surface area contributed by atoms with E-state index < -0.39 is 11.9 Å². The molecule has 1 heterocycles. The van der Waals surface area contributed by atoms with E-state index in [4.69, 9.17) is 9.84 Å². The highest BCUT2D eigenvalue weighted by molar-refractivity contribution is 7.15. The molecule has 19 heavy (non-hydrogen) atoms. The van der Waals surface area contributed by atoms with Crippen molar-refractivity contribution in [2.45, 2.75) is 38.5 Å². The van der Waals surface area contributed by atoms with Crippen LogP contribution in [0.2, 0.25) is 0 Å². The number of thiazole rings is 1. The Labute approximate surface area is 117 Å². The lowest BCUT2D eigenvalue weighted by molar-refractivity contribution is -0.138. The molecule has 1 atom stereocenters. The molecule has 0 bridgehead atoms. The van der Waals surface area contributed by atoms with Gasteiger partial charge in [-0.15, -0.1) is 11.3 Å². The zero-order chi connectivity index (χ0) is 13.7. The Hall–Kier alpha value is -1.14. The van der Waals surface area contributed by atoms with Gasteiger partial charge >= 0.3 is 5.97 Å². The van der Waals surface area contributed by atoms with Crippen molar-refractivity contribution >= 4 is 22.4 Å². The maximum Gasteiger partial charge on any atom is 0.312 e. The summed E-state index contributed by atoms with van der Waals surface area (Å²) in [5.74, 6) is -1.18. The van der Waals surface area contributed by atoms with E-state index in [1.54, 1.807) is 11.3 Å². The summed E-state index contributed by atoms with van der Waals surface area (Å²) >= 11 is 1.57. The number of nitrogens with one attached hydrogen (secondary N) is 1. The number of unbranched alkanes of at least 4 members (excludes halogenated alkanes) is 1. The van der Waals surface area contributed by atoms with Crippen molar-refractivity contribution in [2.24, 2.45) is 0 Å². The van der Waals surface area contributed by atoms with Crippen LogP contribution in [0.4, 0.5) is 5.13 Å². The number of hydrogen-bond donors (Lipinski definition) is 2. The van der Waals surface area contributed by atoms with Crippen LogP contribution in [0.25, 0.3) is 0 Å². The van der Waals surface area contributed by atoms with Gasteiger partial charge in [-0.2, -0.15) is 0 Å². The van der Waals surface area contributed by atoms with E-state index in [9.17, 15) is 4.79 Å². The number of carboxylic acids is 1. The Balaban J connectivity index is 1.77. The third kappa shape index (κ3) is 3.67. The lowest BCUT2D eigenvalue weighted by Gasteiger charge is -2.05. The minimum atomic E-state index is -0.765. The Kier molecular flexibility index (Phi) is 5.15. The van der Waals surface area contributed by atoms with E-state index in [0.717, 1.165) is 41.6 Å². The first-order valence-corrected chi connectivity index (χ1v) is 7.58. The summed E-state index contributed by atoms with van der Waals surface area (Å²) in [6.07, 6.45) is 3.75. The number of carbonyl (C=O) groups is 1. The minimum Gasteiger partial charge on any atom is -0.481 e. The molecule has 0 aromatic carbocycles. The highest BCUT2D eigenvalue weighted by Gasteiger charge is 2.32. The van der Waals surface area contributed by atoms with Gasteiger partial charge in [-0.3, -0.25) is 4.79 Å². The molecule has 1 aliphatic rings. The van der Waals surface area contributed by atoms with Gasteiger partial charge in [-0.05, 0) is 19.3 Å². The Morgan fingerprint density at radius 2 is 2.42 bits per heavy atom. The Morgan fingerprint density at radius 3 is 3.16 bits per heavy atom. The van der Waals surface area contributed by atoms with Gasteiger partial charge in [0.1, 0.15) is 5.92 Å². The summed E-state index contributed by atoms with van der Waals surface area (Å²) in [4.78, 5) is 16.6. The first kappa shape index (κ1) is 14.3. The molecular formula is C13H20N2O3S. The fourth-order valence-corrected chi connectivity index (χ4v) is 3.19. The van der Waals surface area contributed by atoms with Crippen molar-refractivity contribution in [1.29, 1.82) is 0 Å². The zero-order valence-electron chi connectivity index (χ0n) is 11.1. The van der Waals surface area contributed by atoms with Crippen molar-refractivity contribution in [3.63, 3.8) is 0 Å². The molecule has 2 rings (SSSR count). The standard InChI is InChI=1S/C13H20N2O3S/c1-2-3-7-18-8-6-14-13-15-11-9(12(16)17)4-5-10(11)19-13/h9H,2-8H2,1H3,(H,14,15)(H,16,17). The molecule has 0 saturated heterocycles. The summed E-state index contributed by atoms with van der Waals surface area (Å²) in [6, 6.07) is 0. The van der Waals surface area contributed by atoms with Crippen molar-refractivity contribution in [3.8, 4) is 0 Å². The summed E-state index contributed by atoms with van der Waals surface area (Å²) in [6.45, 7) is 4.31. The molecular weight excluding hydrogens is 264 g/mol. The van der Waals surface area contributed by atoms with Gasteiger partial charge < -0.3 is 15.2 Å². The largest absolute Gasteiger partial charge is 0.481 e. The number of anilines is 1. The molecule has 0 radical (unpaired) electrons. The second-order valence-electron chi connectivity index (χ2n) is 4.65. The van der Waals surface area contributed by atoms with Crippen LogP contribution >= 0.6 is 11.3 Å². The average Bonchev–Trinajstić information content (AvgIpc) is 2.92. The van der Waals surface area contributed by atoms with Gasteiger partial charge in [0, 0.05) is 18.0 Å².